The van der Waals surface area contributed by atoms with Gasteiger partial charge in [0.15, 0.2) is 11.5 Å². The van der Waals surface area contributed by atoms with Crippen LogP contribution in [0, 0.1) is 0 Å². The normalized spacial score (nSPS) is 16.8. The van der Waals surface area contributed by atoms with Crippen LogP contribution in [0.5, 0.6) is 11.5 Å². The molecule has 0 amide bonds. The van der Waals surface area contributed by atoms with E-state index >= 15 is 0 Å². The van der Waals surface area contributed by atoms with Gasteiger partial charge in [0.1, 0.15) is 0 Å². The lowest BCUT2D eigenvalue weighted by Crippen LogP contribution is -2.17. The van der Waals surface area contributed by atoms with Crippen LogP contribution in [0.25, 0.3) is 0 Å². The highest BCUT2D eigenvalue weighted by Gasteiger charge is 2.25. The summed E-state index contributed by atoms with van der Waals surface area (Å²) in [5.74, 6) is 0.547. The van der Waals surface area contributed by atoms with Gasteiger partial charge in [-0.1, -0.05) is 12.1 Å². The van der Waals surface area contributed by atoms with Gasteiger partial charge in [0.05, 0.1) is 6.10 Å². The van der Waals surface area contributed by atoms with Gasteiger partial charge in [-0.05, 0) is 54.8 Å². The highest BCUT2D eigenvalue weighted by atomic mass is 32.1. The van der Waals surface area contributed by atoms with Crippen LogP contribution in [-0.4, -0.2) is 22.5 Å². The summed E-state index contributed by atoms with van der Waals surface area (Å²) in [5, 5.41) is 21.1. The summed E-state index contributed by atoms with van der Waals surface area (Å²) >= 11 is 1.70. The van der Waals surface area contributed by atoms with Crippen LogP contribution < -0.4 is 9.47 Å². The molecule has 0 saturated carbocycles. The Morgan fingerprint density at radius 1 is 1.20 bits per heavy atom. The van der Waals surface area contributed by atoms with Crippen molar-refractivity contribution in [2.75, 3.05) is 0 Å². The zero-order chi connectivity index (χ0) is 17.6. The number of fused-ring (bicyclic) bond motifs is 1. The monoisotopic (exact) mass is 362 g/mol. The number of aliphatic hydroxyl groups excluding tert-OH is 1. The third-order valence-electron chi connectivity index (χ3n) is 4.19. The van der Waals surface area contributed by atoms with Crippen LogP contribution in [0.4, 0.5) is 0 Å². The lowest BCUT2D eigenvalue weighted by molar-refractivity contribution is -0.137. The summed E-state index contributed by atoms with van der Waals surface area (Å²) < 4.78 is 11.5. The topological polar surface area (TPSA) is 76.0 Å². The van der Waals surface area contributed by atoms with Gasteiger partial charge >= 0.3 is 5.97 Å². The summed E-state index contributed by atoms with van der Waals surface area (Å²) in [7, 11) is 0. The molecule has 1 aliphatic rings. The lowest BCUT2D eigenvalue weighted by Gasteiger charge is -2.11. The average Bonchev–Trinajstić information content (AvgIpc) is 3.24. The predicted octanol–water partition coefficient (Wildman–Crippen LogP) is 4.16. The first-order chi connectivity index (χ1) is 12.1. The molecule has 1 aliphatic heterocycles. The maximum Gasteiger partial charge on any atom is 0.303 e. The first-order valence-corrected chi connectivity index (χ1v) is 9.39. The highest BCUT2D eigenvalue weighted by molar-refractivity contribution is 7.09. The first kappa shape index (κ1) is 17.8. The number of benzene rings is 1. The minimum Gasteiger partial charge on any atom is -0.481 e. The van der Waals surface area contributed by atoms with Gasteiger partial charge in [-0.25, -0.2) is 0 Å². The second kappa shape index (κ2) is 8.36. The maximum atomic E-state index is 10.5. The summed E-state index contributed by atoms with van der Waals surface area (Å²) in [6.45, 7) is 0. The van der Waals surface area contributed by atoms with Crippen molar-refractivity contribution in [1.29, 1.82) is 0 Å². The number of unbranched alkanes of at least 4 members (excludes halogenated alkanes) is 1. The molecule has 0 saturated heterocycles. The van der Waals surface area contributed by atoms with Gasteiger partial charge in [-0.2, -0.15) is 0 Å². The van der Waals surface area contributed by atoms with Crippen molar-refractivity contribution in [1.82, 2.24) is 0 Å². The fraction of sp³-hybridized carbons (Fsp3) is 0.421. The molecule has 2 N–H and O–H groups in total. The van der Waals surface area contributed by atoms with Gasteiger partial charge in [0.25, 0.3) is 0 Å². The molecule has 0 aliphatic carbocycles. The molecule has 0 fully saturated rings. The van der Waals surface area contributed by atoms with Gasteiger partial charge in [0.2, 0.25) is 6.29 Å². The van der Waals surface area contributed by atoms with E-state index in [1.165, 1.54) is 4.88 Å². The Labute approximate surface area is 150 Å². The molecule has 1 aromatic heterocycles. The smallest absolute Gasteiger partial charge is 0.303 e. The van der Waals surface area contributed by atoms with Crippen LogP contribution in [0.2, 0.25) is 0 Å². The van der Waals surface area contributed by atoms with Crippen molar-refractivity contribution in [3.05, 3.63) is 46.2 Å². The van der Waals surface area contributed by atoms with Crippen LogP contribution in [-0.2, 0) is 11.2 Å². The lowest BCUT2D eigenvalue weighted by atomic mass is 10.0. The third-order valence-corrected chi connectivity index (χ3v) is 5.13. The number of aliphatic carboxylic acids is 1. The largest absolute Gasteiger partial charge is 0.481 e. The fourth-order valence-corrected chi connectivity index (χ4v) is 3.56. The molecule has 1 aromatic carbocycles. The SMILES string of the molecule is O=C(O)CCCCC1Oc2ccc(C(O)CCc3cccs3)cc2O1. The second-order valence-electron chi connectivity index (χ2n) is 6.14. The van der Waals surface area contributed by atoms with E-state index in [1.54, 1.807) is 11.3 Å². The number of ether oxygens (including phenoxy) is 2. The first-order valence-electron chi connectivity index (χ1n) is 8.51. The molecule has 3 rings (SSSR count). The van der Waals surface area contributed by atoms with Crippen molar-refractivity contribution >= 4 is 17.3 Å². The highest BCUT2D eigenvalue weighted by Crippen LogP contribution is 2.38. The maximum absolute atomic E-state index is 10.5. The number of aliphatic hydroxyl groups is 1. The van der Waals surface area contributed by atoms with Gasteiger partial charge < -0.3 is 19.7 Å². The zero-order valence-corrected chi connectivity index (χ0v) is 14.7. The van der Waals surface area contributed by atoms with E-state index in [2.05, 4.69) is 6.07 Å². The second-order valence-corrected chi connectivity index (χ2v) is 7.18. The molecule has 134 valence electrons. The summed E-state index contributed by atoms with van der Waals surface area (Å²) in [4.78, 5) is 11.8. The van der Waals surface area contributed by atoms with Crippen LogP contribution in [0.3, 0.4) is 0 Å². The molecule has 2 atom stereocenters. The Morgan fingerprint density at radius 3 is 2.80 bits per heavy atom. The number of rotatable bonds is 9. The van der Waals surface area contributed by atoms with Crippen molar-refractivity contribution in [2.45, 2.75) is 50.9 Å². The van der Waals surface area contributed by atoms with Gasteiger partial charge in [-0.3, -0.25) is 4.79 Å². The average molecular weight is 362 g/mol. The number of carboxylic acid groups (broad SMARTS) is 1. The Morgan fingerprint density at radius 2 is 2.04 bits per heavy atom. The Bertz CT molecular complexity index is 698. The minimum atomic E-state index is -0.780. The molecule has 2 aromatic rings. The van der Waals surface area contributed by atoms with Crippen molar-refractivity contribution in [3.63, 3.8) is 0 Å². The quantitative estimate of drug-likeness (QED) is 0.655. The Balaban J connectivity index is 1.50. The van der Waals surface area contributed by atoms with Crippen molar-refractivity contribution in [2.24, 2.45) is 0 Å². The summed E-state index contributed by atoms with van der Waals surface area (Å²) in [6, 6.07) is 9.63. The van der Waals surface area contributed by atoms with Crippen LogP contribution in [0.1, 0.15) is 48.6 Å². The van der Waals surface area contributed by atoms with E-state index in [4.69, 9.17) is 14.6 Å². The Kier molecular flexibility index (Phi) is 5.94. The third kappa shape index (κ3) is 4.96. The Hall–Kier alpha value is -2.05. The van der Waals surface area contributed by atoms with Gasteiger partial charge in [0, 0.05) is 17.7 Å². The molecule has 5 nitrogen and oxygen atoms in total. The standard InChI is InChI=1S/C19H22O5S/c20-15(9-8-14-4-3-11-25-14)13-7-10-16-17(12-13)24-19(23-16)6-2-1-5-18(21)22/h3-4,7,10-12,15,19-20H,1-2,5-6,8-9H2,(H,21,22). The zero-order valence-electron chi connectivity index (χ0n) is 13.9. The van der Waals surface area contributed by atoms with Gasteiger partial charge in [-0.15, -0.1) is 11.3 Å². The molecular formula is C19H22O5S. The number of hydrogen-bond donors (Lipinski definition) is 2. The number of hydrogen-bond acceptors (Lipinski definition) is 5. The molecular weight excluding hydrogens is 340 g/mol. The molecule has 2 unspecified atom stereocenters. The number of carboxylic acids is 1. The van der Waals surface area contributed by atoms with E-state index in [0.717, 1.165) is 18.4 Å². The van der Waals surface area contributed by atoms with E-state index < -0.39 is 12.1 Å². The predicted molar refractivity (Wildman–Crippen MR) is 95.2 cm³/mol. The number of thiophene rings is 1. The summed E-state index contributed by atoms with van der Waals surface area (Å²) in [5.41, 5.74) is 0.824. The molecule has 0 radical (unpaired) electrons. The number of aryl methyl sites for hydroxylation is 1. The van der Waals surface area contributed by atoms with Crippen molar-refractivity contribution < 1.29 is 24.5 Å². The van der Waals surface area contributed by atoms with E-state index in [-0.39, 0.29) is 12.7 Å². The van der Waals surface area contributed by atoms with E-state index in [0.29, 0.717) is 30.8 Å². The van der Waals surface area contributed by atoms with E-state index in [9.17, 15) is 9.90 Å². The summed E-state index contributed by atoms with van der Waals surface area (Å²) in [6.07, 6.45) is 2.77. The van der Waals surface area contributed by atoms with E-state index in [1.807, 2.05) is 29.6 Å². The molecule has 6 heteroatoms. The van der Waals surface area contributed by atoms with Crippen LogP contribution in [0.15, 0.2) is 35.7 Å². The fourth-order valence-electron chi connectivity index (χ4n) is 2.83. The van der Waals surface area contributed by atoms with Crippen LogP contribution >= 0.6 is 11.3 Å². The minimum absolute atomic E-state index is 0.167. The molecule has 2 heterocycles. The number of carbonyl (C=O) groups is 1. The van der Waals surface area contributed by atoms with Crippen molar-refractivity contribution in [3.8, 4) is 11.5 Å². The molecule has 25 heavy (non-hydrogen) atoms. The molecule has 0 bridgehead atoms. The molecule has 0 spiro atoms.